The van der Waals surface area contributed by atoms with Crippen molar-refractivity contribution in [2.75, 3.05) is 11.5 Å². The lowest BCUT2D eigenvalue weighted by Crippen LogP contribution is -2.31. The Balaban J connectivity index is 1.46. The fourth-order valence-electron chi connectivity index (χ4n) is 4.35. The Kier molecular flexibility index (Phi) is 5.92. The van der Waals surface area contributed by atoms with E-state index in [4.69, 9.17) is 16.3 Å². The maximum Gasteiger partial charge on any atom is 0.338 e. The minimum Gasteiger partial charge on any atom is -0.454 e. The highest BCUT2D eigenvalue weighted by Crippen LogP contribution is 2.42. The second kappa shape index (κ2) is 8.63. The highest BCUT2D eigenvalue weighted by Gasteiger charge is 2.50. The van der Waals surface area contributed by atoms with E-state index in [-0.39, 0.29) is 35.0 Å². The lowest BCUT2D eigenvalue weighted by atomic mass is 9.76. The molecule has 1 aliphatic carbocycles. The fraction of sp³-hybridized carbons (Fsp3) is 0.333. The highest BCUT2D eigenvalue weighted by atomic mass is 35.5. The number of ether oxygens (including phenoxy) is 1. The van der Waals surface area contributed by atoms with Crippen molar-refractivity contribution in [1.29, 1.82) is 0 Å². The first-order valence-electron chi connectivity index (χ1n) is 10.3. The lowest BCUT2D eigenvalue weighted by molar-refractivity contribution is -0.122. The van der Waals surface area contributed by atoms with Crippen LogP contribution >= 0.6 is 11.6 Å². The third kappa shape index (κ3) is 4.26. The van der Waals surface area contributed by atoms with Crippen molar-refractivity contribution < 1.29 is 23.9 Å². The van der Waals surface area contributed by atoms with Crippen molar-refractivity contribution in [1.82, 2.24) is 0 Å². The first-order chi connectivity index (χ1) is 14.8. The maximum atomic E-state index is 12.9. The lowest BCUT2D eigenvalue weighted by Gasteiger charge is -2.25. The van der Waals surface area contributed by atoms with Crippen LogP contribution in [-0.2, 0) is 14.3 Å². The Hall–Kier alpha value is -2.99. The molecule has 6 nitrogen and oxygen atoms in total. The van der Waals surface area contributed by atoms with Gasteiger partial charge in [-0.05, 0) is 67.6 Å². The van der Waals surface area contributed by atoms with E-state index in [1.807, 2.05) is 0 Å². The molecule has 1 saturated carbocycles. The molecule has 1 aliphatic heterocycles. The molecule has 2 aliphatic rings. The monoisotopic (exact) mass is 439 g/mol. The van der Waals surface area contributed by atoms with E-state index in [1.165, 1.54) is 17.0 Å². The quantitative estimate of drug-likeness (QED) is 0.394. The summed E-state index contributed by atoms with van der Waals surface area (Å²) in [5, 5.41) is 0.505. The van der Waals surface area contributed by atoms with Gasteiger partial charge in [-0.2, -0.15) is 0 Å². The predicted molar refractivity (Wildman–Crippen MR) is 115 cm³/mol. The van der Waals surface area contributed by atoms with Gasteiger partial charge in [-0.3, -0.25) is 19.3 Å². The van der Waals surface area contributed by atoms with Gasteiger partial charge in [0.1, 0.15) is 0 Å². The smallest absolute Gasteiger partial charge is 0.338 e. The number of nitrogens with zero attached hydrogens (tertiary/aromatic N) is 1. The summed E-state index contributed by atoms with van der Waals surface area (Å²) in [4.78, 5) is 51.7. The van der Waals surface area contributed by atoms with Gasteiger partial charge in [0.2, 0.25) is 11.8 Å². The number of halogens is 1. The summed E-state index contributed by atoms with van der Waals surface area (Å²) in [7, 11) is 0. The molecule has 2 aromatic carbocycles. The largest absolute Gasteiger partial charge is 0.454 e. The van der Waals surface area contributed by atoms with Crippen LogP contribution in [0.3, 0.4) is 0 Å². The predicted octanol–water partition coefficient (Wildman–Crippen LogP) is 4.31. The molecule has 3 unspecified atom stereocenters. The molecule has 2 fully saturated rings. The molecular formula is C24H22ClNO5. The van der Waals surface area contributed by atoms with Gasteiger partial charge in [0, 0.05) is 10.6 Å². The van der Waals surface area contributed by atoms with Gasteiger partial charge >= 0.3 is 5.97 Å². The van der Waals surface area contributed by atoms with Crippen LogP contribution in [0.25, 0.3) is 0 Å². The van der Waals surface area contributed by atoms with Crippen LogP contribution in [0.5, 0.6) is 0 Å². The van der Waals surface area contributed by atoms with E-state index in [0.29, 0.717) is 35.0 Å². The number of rotatable bonds is 5. The van der Waals surface area contributed by atoms with Crippen LogP contribution in [0, 0.1) is 17.8 Å². The zero-order valence-corrected chi connectivity index (χ0v) is 17.8. The number of esters is 1. The Labute approximate surface area is 185 Å². The third-order valence-corrected chi connectivity index (χ3v) is 6.28. The van der Waals surface area contributed by atoms with Crippen molar-refractivity contribution in [3.05, 3.63) is 64.7 Å². The minimum atomic E-state index is -0.700. The maximum absolute atomic E-state index is 12.9. The number of hydrogen-bond acceptors (Lipinski definition) is 5. The normalized spacial score (nSPS) is 22.9. The molecule has 0 aromatic heterocycles. The number of imide groups is 1. The Morgan fingerprint density at radius 3 is 2.45 bits per heavy atom. The summed E-state index contributed by atoms with van der Waals surface area (Å²) in [6.07, 6.45) is 2.35. The van der Waals surface area contributed by atoms with Gasteiger partial charge in [0.05, 0.1) is 23.1 Å². The van der Waals surface area contributed by atoms with E-state index in [2.05, 4.69) is 6.92 Å². The number of fused-ring (bicyclic) bond motifs is 1. The molecule has 1 saturated heterocycles. The number of Topliss-reactive ketones (excluding diaryl/α,β-unsaturated/α-hetero) is 1. The Morgan fingerprint density at radius 2 is 1.71 bits per heavy atom. The summed E-state index contributed by atoms with van der Waals surface area (Å²) >= 11 is 5.81. The molecule has 3 atom stereocenters. The third-order valence-electron chi connectivity index (χ3n) is 6.03. The Bertz CT molecular complexity index is 1050. The van der Waals surface area contributed by atoms with Gasteiger partial charge in [-0.15, -0.1) is 0 Å². The molecule has 160 valence electrons. The molecule has 2 aromatic rings. The molecule has 0 radical (unpaired) electrons. The zero-order valence-electron chi connectivity index (χ0n) is 17.0. The van der Waals surface area contributed by atoms with Crippen molar-refractivity contribution in [2.45, 2.75) is 26.2 Å². The number of hydrogen-bond donors (Lipinski definition) is 0. The number of benzene rings is 2. The second-order valence-electron chi connectivity index (χ2n) is 8.20. The van der Waals surface area contributed by atoms with Gasteiger partial charge in [0.15, 0.2) is 12.4 Å². The van der Waals surface area contributed by atoms with E-state index < -0.39 is 12.6 Å². The molecule has 0 bridgehead atoms. The van der Waals surface area contributed by atoms with E-state index >= 15 is 0 Å². The molecule has 1 heterocycles. The minimum absolute atomic E-state index is 0.172. The summed E-state index contributed by atoms with van der Waals surface area (Å²) in [5.74, 6) is -1.62. The van der Waals surface area contributed by atoms with E-state index in [1.54, 1.807) is 36.4 Å². The first kappa shape index (κ1) is 21.2. The summed E-state index contributed by atoms with van der Waals surface area (Å²) in [5.41, 5.74) is 0.914. The van der Waals surface area contributed by atoms with Crippen molar-refractivity contribution in [3.63, 3.8) is 0 Å². The van der Waals surface area contributed by atoms with Crippen molar-refractivity contribution in [3.8, 4) is 0 Å². The average molecular weight is 440 g/mol. The summed E-state index contributed by atoms with van der Waals surface area (Å²) < 4.78 is 5.14. The standard InChI is InChI=1S/C24H22ClNO5/c1-14-5-10-19-20(11-14)23(29)26(22(19)28)18-4-2-3-16(12-18)24(30)31-13-21(27)15-6-8-17(25)9-7-15/h2-4,6-9,12,14,19-20H,5,10-11,13H2,1H3. The zero-order chi connectivity index (χ0) is 22.1. The van der Waals surface area contributed by atoms with Gasteiger partial charge < -0.3 is 4.74 Å². The summed E-state index contributed by atoms with van der Waals surface area (Å²) in [6, 6.07) is 12.5. The van der Waals surface area contributed by atoms with Crippen LogP contribution in [0.15, 0.2) is 48.5 Å². The molecule has 0 spiro atoms. The molecular weight excluding hydrogens is 418 g/mol. The SMILES string of the molecule is CC1CCC2C(=O)N(c3cccc(C(=O)OCC(=O)c4ccc(Cl)cc4)c3)C(=O)C2C1. The molecule has 0 N–H and O–H groups in total. The van der Waals surface area contributed by atoms with Crippen LogP contribution in [0.4, 0.5) is 5.69 Å². The first-order valence-corrected chi connectivity index (χ1v) is 10.7. The van der Waals surface area contributed by atoms with Crippen molar-refractivity contribution in [2.24, 2.45) is 17.8 Å². The number of ketones is 1. The number of anilines is 1. The van der Waals surface area contributed by atoms with E-state index in [9.17, 15) is 19.2 Å². The molecule has 31 heavy (non-hydrogen) atoms. The van der Waals surface area contributed by atoms with Crippen molar-refractivity contribution >= 4 is 40.9 Å². The Morgan fingerprint density at radius 1 is 1.00 bits per heavy atom. The van der Waals surface area contributed by atoms with Crippen LogP contribution in [0.1, 0.15) is 46.9 Å². The molecule has 4 rings (SSSR count). The number of carbonyl (C=O) groups is 4. The fourth-order valence-corrected chi connectivity index (χ4v) is 4.48. The highest BCUT2D eigenvalue weighted by molar-refractivity contribution is 6.30. The van der Waals surface area contributed by atoms with Crippen LogP contribution in [0.2, 0.25) is 5.02 Å². The van der Waals surface area contributed by atoms with Gasteiger partial charge in [0.25, 0.3) is 0 Å². The molecule has 7 heteroatoms. The molecule has 2 amide bonds. The number of carbonyl (C=O) groups excluding carboxylic acids is 4. The number of amides is 2. The topological polar surface area (TPSA) is 80.8 Å². The van der Waals surface area contributed by atoms with Crippen LogP contribution in [-0.4, -0.2) is 30.2 Å². The van der Waals surface area contributed by atoms with Gasteiger partial charge in [-0.1, -0.05) is 24.6 Å². The second-order valence-corrected chi connectivity index (χ2v) is 8.64. The average Bonchev–Trinajstić information content (AvgIpc) is 3.01. The van der Waals surface area contributed by atoms with Gasteiger partial charge in [-0.25, -0.2) is 4.79 Å². The van der Waals surface area contributed by atoms with Crippen LogP contribution < -0.4 is 4.90 Å². The van der Waals surface area contributed by atoms with E-state index in [0.717, 1.165) is 6.42 Å². The summed E-state index contributed by atoms with van der Waals surface area (Å²) in [6.45, 7) is 1.67.